The van der Waals surface area contributed by atoms with Crippen molar-refractivity contribution in [2.75, 3.05) is 6.54 Å². The number of amides is 1. The summed E-state index contributed by atoms with van der Waals surface area (Å²) in [5.41, 5.74) is 2.36. The molecule has 2 atom stereocenters. The zero-order chi connectivity index (χ0) is 17.0. The van der Waals surface area contributed by atoms with Gasteiger partial charge < -0.3 is 15.4 Å². The third-order valence-electron chi connectivity index (χ3n) is 4.22. The summed E-state index contributed by atoms with van der Waals surface area (Å²) in [6.45, 7) is 10.6. The van der Waals surface area contributed by atoms with E-state index in [0.717, 1.165) is 19.4 Å². The summed E-state index contributed by atoms with van der Waals surface area (Å²) in [4.78, 5) is 12.0. The summed E-state index contributed by atoms with van der Waals surface area (Å²) < 4.78 is 5.37. The molecule has 0 radical (unpaired) electrons. The lowest BCUT2D eigenvalue weighted by molar-refractivity contribution is 0.0489. The predicted molar refractivity (Wildman–Crippen MR) is 93.5 cm³/mol. The van der Waals surface area contributed by atoms with Crippen molar-refractivity contribution in [1.82, 2.24) is 10.6 Å². The van der Waals surface area contributed by atoms with E-state index >= 15 is 0 Å². The van der Waals surface area contributed by atoms with Gasteiger partial charge in [-0.15, -0.1) is 0 Å². The molecule has 1 aromatic carbocycles. The van der Waals surface area contributed by atoms with Crippen molar-refractivity contribution in [3.63, 3.8) is 0 Å². The summed E-state index contributed by atoms with van der Waals surface area (Å²) in [6, 6.07) is 9.03. The fraction of sp³-hybridized carbons (Fsp3) is 0.632. The van der Waals surface area contributed by atoms with Gasteiger partial charge in [0.2, 0.25) is 0 Å². The molecule has 0 spiro atoms. The van der Waals surface area contributed by atoms with E-state index in [2.05, 4.69) is 48.7 Å². The van der Waals surface area contributed by atoms with Crippen molar-refractivity contribution < 1.29 is 9.53 Å². The Morgan fingerprint density at radius 1 is 1.30 bits per heavy atom. The number of rotatable bonds is 5. The van der Waals surface area contributed by atoms with Gasteiger partial charge >= 0.3 is 6.09 Å². The summed E-state index contributed by atoms with van der Waals surface area (Å²) in [7, 11) is 0. The average molecular weight is 318 g/mol. The molecule has 1 aromatic rings. The van der Waals surface area contributed by atoms with Crippen molar-refractivity contribution in [1.29, 1.82) is 0 Å². The van der Waals surface area contributed by atoms with Crippen LogP contribution in [0.4, 0.5) is 4.79 Å². The molecule has 4 nitrogen and oxygen atoms in total. The van der Waals surface area contributed by atoms with E-state index in [9.17, 15) is 4.79 Å². The Morgan fingerprint density at radius 3 is 2.65 bits per heavy atom. The molecule has 0 saturated heterocycles. The molecule has 0 bridgehead atoms. The molecular weight excluding hydrogens is 288 g/mol. The number of ether oxygens (including phenoxy) is 1. The Labute approximate surface area is 140 Å². The molecule has 0 heterocycles. The van der Waals surface area contributed by atoms with Crippen molar-refractivity contribution >= 4 is 6.09 Å². The van der Waals surface area contributed by atoms with E-state index in [1.165, 1.54) is 11.1 Å². The normalized spacial score (nSPS) is 18.6. The first-order chi connectivity index (χ1) is 10.8. The predicted octanol–water partition coefficient (Wildman–Crippen LogP) is 3.81. The monoisotopic (exact) mass is 318 g/mol. The van der Waals surface area contributed by atoms with Crippen molar-refractivity contribution in [2.24, 2.45) is 5.92 Å². The van der Waals surface area contributed by atoms with Crippen molar-refractivity contribution in [2.45, 2.75) is 65.1 Å². The van der Waals surface area contributed by atoms with Crippen LogP contribution < -0.4 is 10.6 Å². The van der Waals surface area contributed by atoms with Crippen LogP contribution in [0.1, 0.15) is 58.2 Å². The maximum atomic E-state index is 12.0. The molecule has 1 aliphatic rings. The zero-order valence-corrected chi connectivity index (χ0v) is 15.0. The van der Waals surface area contributed by atoms with Gasteiger partial charge in [0.15, 0.2) is 0 Å². The minimum Gasteiger partial charge on any atom is -0.444 e. The third kappa shape index (κ3) is 5.24. The molecule has 0 fully saturated rings. The topological polar surface area (TPSA) is 50.4 Å². The summed E-state index contributed by atoms with van der Waals surface area (Å²) in [5.74, 6) is 0.340. The Balaban J connectivity index is 1.90. The van der Waals surface area contributed by atoms with Crippen LogP contribution in [0, 0.1) is 5.92 Å². The molecule has 0 saturated carbocycles. The molecular formula is C19H30N2O2. The summed E-state index contributed by atoms with van der Waals surface area (Å²) >= 11 is 0. The van der Waals surface area contributed by atoms with E-state index < -0.39 is 5.60 Å². The van der Waals surface area contributed by atoms with Crippen LogP contribution in [-0.2, 0) is 11.2 Å². The molecule has 4 heteroatoms. The van der Waals surface area contributed by atoms with Gasteiger partial charge in [0, 0.05) is 18.6 Å². The van der Waals surface area contributed by atoms with Gasteiger partial charge in [-0.25, -0.2) is 4.79 Å². The lowest BCUT2D eigenvalue weighted by Crippen LogP contribution is -2.47. The number of aryl methyl sites for hydroxylation is 1. The molecule has 2 rings (SSSR count). The first-order valence-corrected chi connectivity index (χ1v) is 8.57. The quantitative estimate of drug-likeness (QED) is 0.868. The van der Waals surface area contributed by atoms with Gasteiger partial charge in [0.1, 0.15) is 5.60 Å². The summed E-state index contributed by atoms with van der Waals surface area (Å²) in [5, 5.41) is 6.61. The molecule has 1 aliphatic carbocycles. The maximum Gasteiger partial charge on any atom is 0.407 e. The Kier molecular flexibility index (Phi) is 5.69. The number of hydrogen-bond donors (Lipinski definition) is 2. The lowest BCUT2D eigenvalue weighted by Gasteiger charge is -2.27. The van der Waals surface area contributed by atoms with E-state index in [4.69, 9.17) is 4.74 Å². The van der Waals surface area contributed by atoms with Crippen LogP contribution in [0.15, 0.2) is 24.3 Å². The fourth-order valence-electron chi connectivity index (χ4n) is 2.95. The highest BCUT2D eigenvalue weighted by atomic mass is 16.6. The second-order valence-electron chi connectivity index (χ2n) is 7.70. The molecule has 128 valence electrons. The summed E-state index contributed by atoms with van der Waals surface area (Å²) in [6.07, 6.45) is 1.90. The fourth-order valence-corrected chi connectivity index (χ4v) is 2.95. The number of hydrogen-bond acceptors (Lipinski definition) is 3. The first-order valence-electron chi connectivity index (χ1n) is 8.57. The number of benzene rings is 1. The zero-order valence-electron chi connectivity index (χ0n) is 15.0. The van der Waals surface area contributed by atoms with Gasteiger partial charge in [-0.3, -0.25) is 0 Å². The Bertz CT molecular complexity index is 534. The van der Waals surface area contributed by atoms with Crippen LogP contribution in [-0.4, -0.2) is 24.3 Å². The Hall–Kier alpha value is -1.55. The number of nitrogens with one attached hydrogen (secondary N) is 2. The van der Waals surface area contributed by atoms with Gasteiger partial charge in [-0.1, -0.05) is 38.1 Å². The highest BCUT2D eigenvalue weighted by Gasteiger charge is 2.25. The molecule has 0 aromatic heterocycles. The minimum atomic E-state index is -0.469. The van der Waals surface area contributed by atoms with E-state index in [1.807, 2.05) is 20.8 Å². The number of fused-ring (bicyclic) bond motifs is 1. The largest absolute Gasteiger partial charge is 0.444 e. The average Bonchev–Trinajstić information content (AvgIpc) is 2.84. The second-order valence-corrected chi connectivity index (χ2v) is 7.70. The smallest absolute Gasteiger partial charge is 0.407 e. The van der Waals surface area contributed by atoms with E-state index in [0.29, 0.717) is 12.0 Å². The standard InChI is InChI=1S/C19H30N2O2/c1-13(2)17(21-18(22)23-19(3,4)5)12-20-16-11-10-14-8-6-7-9-15(14)16/h6-9,13,16-17,20H,10-12H2,1-5H3,(H,21,22). The van der Waals surface area contributed by atoms with Crippen LogP contribution >= 0.6 is 0 Å². The Morgan fingerprint density at radius 2 is 2.00 bits per heavy atom. The van der Waals surface area contributed by atoms with Crippen LogP contribution in [0.2, 0.25) is 0 Å². The van der Waals surface area contributed by atoms with Crippen LogP contribution in [0.25, 0.3) is 0 Å². The lowest BCUT2D eigenvalue weighted by atomic mass is 10.0. The van der Waals surface area contributed by atoms with Gasteiger partial charge in [-0.2, -0.15) is 0 Å². The number of carbonyl (C=O) groups is 1. The molecule has 23 heavy (non-hydrogen) atoms. The molecule has 0 aliphatic heterocycles. The minimum absolute atomic E-state index is 0.0533. The van der Waals surface area contributed by atoms with E-state index in [1.54, 1.807) is 0 Å². The van der Waals surface area contributed by atoms with Gasteiger partial charge in [0.25, 0.3) is 0 Å². The van der Waals surface area contributed by atoms with E-state index in [-0.39, 0.29) is 12.1 Å². The number of alkyl carbamates (subject to hydrolysis) is 1. The second kappa shape index (κ2) is 7.35. The van der Waals surface area contributed by atoms with Crippen molar-refractivity contribution in [3.8, 4) is 0 Å². The third-order valence-corrected chi connectivity index (χ3v) is 4.22. The van der Waals surface area contributed by atoms with Gasteiger partial charge in [0.05, 0.1) is 0 Å². The van der Waals surface area contributed by atoms with Crippen LogP contribution in [0.5, 0.6) is 0 Å². The highest BCUT2D eigenvalue weighted by molar-refractivity contribution is 5.68. The maximum absolute atomic E-state index is 12.0. The number of carbonyl (C=O) groups excluding carboxylic acids is 1. The van der Waals surface area contributed by atoms with Gasteiger partial charge in [-0.05, 0) is 50.7 Å². The highest BCUT2D eigenvalue weighted by Crippen LogP contribution is 2.30. The molecule has 2 N–H and O–H groups in total. The SMILES string of the molecule is CC(C)C(CNC1CCc2ccccc21)NC(=O)OC(C)(C)C. The molecule has 1 amide bonds. The van der Waals surface area contributed by atoms with Crippen LogP contribution in [0.3, 0.4) is 0 Å². The van der Waals surface area contributed by atoms with Crippen molar-refractivity contribution in [3.05, 3.63) is 35.4 Å². The molecule has 2 unspecified atom stereocenters. The first kappa shape index (κ1) is 17.8.